The van der Waals surface area contributed by atoms with Crippen molar-refractivity contribution in [1.82, 2.24) is 0 Å². The van der Waals surface area contributed by atoms with Crippen LogP contribution in [-0.4, -0.2) is 45.1 Å². The number of terminal acetylenes is 1. The number of phenolic OH excluding ortho intramolecular Hbond substituents is 4. The number of rotatable bonds is 19. The van der Waals surface area contributed by atoms with E-state index in [0.29, 0.717) is 40.8 Å². The van der Waals surface area contributed by atoms with E-state index in [0.717, 1.165) is 145 Å². The molecule has 512 valence electrons. The molecule has 5 aromatic carbocycles. The molecule has 5 atom stereocenters. The van der Waals surface area contributed by atoms with Crippen LogP contribution in [-0.2, 0) is 31.3 Å². The van der Waals surface area contributed by atoms with E-state index in [2.05, 4.69) is 192 Å². The van der Waals surface area contributed by atoms with Crippen LogP contribution in [0.5, 0.6) is 46.0 Å². The number of ether oxygens (including phenoxy) is 4. The van der Waals surface area contributed by atoms with Crippen LogP contribution in [0.4, 0.5) is 0 Å². The standard InChI is InChI=1S/2C21H30O2.C21H26O2.C21H30O2.C2HB/c3*1-5-6-7-8-15-12-18(22)20-16-11-14(2)9-10-17(16)21(3,4)23-19(20)13-15;1-5-6-7-10-17-14-19(22)18-11-13-21(4,23-20(18)15-17)12-8-9-16(2)3;1-2-3/h11-13,16-17,22H,5-10H2,1-4H3;9,12-13,16-17,22H,5-8,10-11H2,1-4H3;9-13,22H,5-8H2,1-4H3;9,11,13-15,22H,5-8,10,12H2,1-4H3;1H. The van der Waals surface area contributed by atoms with Gasteiger partial charge in [-0.2, -0.15) is 5.82 Å². The van der Waals surface area contributed by atoms with Gasteiger partial charge in [0.15, 0.2) is 7.85 Å². The number of fused-ring (bicyclic) bond motifs is 10. The Labute approximate surface area is 575 Å². The van der Waals surface area contributed by atoms with Crippen molar-refractivity contribution < 1.29 is 39.4 Å². The van der Waals surface area contributed by atoms with E-state index in [1.54, 1.807) is 5.82 Å². The fraction of sp³-hybridized carbons (Fsp3) is 0.535. The maximum absolute atomic E-state index is 10.7. The summed E-state index contributed by atoms with van der Waals surface area (Å²) in [6.07, 6.45) is 40.1. The van der Waals surface area contributed by atoms with E-state index < -0.39 is 0 Å². The van der Waals surface area contributed by atoms with Crippen molar-refractivity contribution in [2.45, 2.75) is 286 Å². The Morgan fingerprint density at radius 2 is 1.08 bits per heavy atom. The minimum absolute atomic E-state index is 0.177. The first kappa shape index (κ1) is 75.5. The average molecular weight is 1290 g/mol. The normalized spacial score (nSPS) is 20.5. The van der Waals surface area contributed by atoms with Gasteiger partial charge in [-0.25, -0.2) is 0 Å². The molecule has 4 heterocycles. The third kappa shape index (κ3) is 19.7. The number of unbranched alkanes of at least 4 members (excludes halogenated alkanes) is 8. The summed E-state index contributed by atoms with van der Waals surface area (Å²) < 4.78 is 25.2. The molecule has 6 aliphatic rings. The number of aromatic hydroxyl groups is 4. The summed E-state index contributed by atoms with van der Waals surface area (Å²) in [5.41, 5.74) is 15.0. The lowest BCUT2D eigenvalue weighted by Gasteiger charge is -2.47. The summed E-state index contributed by atoms with van der Waals surface area (Å²) in [5, 5.41) is 42.3. The van der Waals surface area contributed by atoms with Gasteiger partial charge in [0.05, 0.1) is 11.1 Å². The molecule has 5 unspecified atom stereocenters. The summed E-state index contributed by atoms with van der Waals surface area (Å²) in [6, 6.07) is 22.6. The first-order chi connectivity index (χ1) is 45.1. The van der Waals surface area contributed by atoms with Crippen molar-refractivity contribution >= 4 is 13.9 Å². The number of benzene rings is 5. The molecule has 4 N–H and O–H groups in total. The van der Waals surface area contributed by atoms with E-state index in [9.17, 15) is 20.4 Å². The van der Waals surface area contributed by atoms with Gasteiger partial charge >= 0.3 is 0 Å². The second kappa shape index (κ2) is 33.8. The van der Waals surface area contributed by atoms with Gasteiger partial charge in [0.25, 0.3) is 0 Å². The molecule has 9 heteroatoms. The van der Waals surface area contributed by atoms with Crippen LogP contribution in [0.1, 0.15) is 281 Å². The summed E-state index contributed by atoms with van der Waals surface area (Å²) in [7, 11) is 4.38. The minimum Gasteiger partial charge on any atom is -0.508 e. The second-order valence-corrected chi connectivity index (χ2v) is 30.1. The van der Waals surface area contributed by atoms with Crippen LogP contribution >= 0.6 is 0 Å². The van der Waals surface area contributed by atoms with Crippen LogP contribution in [0.3, 0.4) is 0 Å². The summed E-state index contributed by atoms with van der Waals surface area (Å²) in [4.78, 5) is 0. The maximum Gasteiger partial charge on any atom is 0.187 e. The van der Waals surface area contributed by atoms with Crippen LogP contribution in [0.25, 0.3) is 17.2 Å². The van der Waals surface area contributed by atoms with Crippen molar-refractivity contribution in [3.63, 3.8) is 0 Å². The number of allylic oxidation sites excluding steroid dienone is 6. The van der Waals surface area contributed by atoms with Crippen molar-refractivity contribution in [2.75, 3.05) is 0 Å². The second-order valence-electron chi connectivity index (χ2n) is 30.1. The molecule has 5 aromatic rings. The lowest BCUT2D eigenvalue weighted by atomic mass is 9.67. The minimum atomic E-state index is -0.384. The summed E-state index contributed by atoms with van der Waals surface area (Å²) in [5.74, 6) is 8.25. The topological polar surface area (TPSA) is 118 Å². The lowest BCUT2D eigenvalue weighted by molar-refractivity contribution is 0.00748. The molecular formula is C86H117BO8. The molecule has 0 saturated carbocycles. The van der Waals surface area contributed by atoms with E-state index in [1.165, 1.54) is 97.6 Å². The van der Waals surface area contributed by atoms with Gasteiger partial charge in [0.1, 0.15) is 68.4 Å². The Morgan fingerprint density at radius 1 is 0.589 bits per heavy atom. The zero-order chi connectivity index (χ0) is 69.4. The predicted octanol–water partition coefficient (Wildman–Crippen LogP) is 23.0. The van der Waals surface area contributed by atoms with Crippen molar-refractivity contribution in [3.8, 4) is 69.4 Å². The van der Waals surface area contributed by atoms with Crippen LogP contribution < -0.4 is 18.9 Å². The van der Waals surface area contributed by atoms with Gasteiger partial charge in [-0.15, -0.1) is 6.42 Å². The van der Waals surface area contributed by atoms with Crippen LogP contribution in [0.15, 0.2) is 108 Å². The van der Waals surface area contributed by atoms with Crippen LogP contribution in [0, 0.1) is 31.0 Å². The average Bonchev–Trinajstić information content (AvgIpc) is 0.760. The number of phenols is 4. The van der Waals surface area contributed by atoms with E-state index in [4.69, 9.17) is 18.9 Å². The molecule has 0 spiro atoms. The number of aryl methyl sites for hydroxylation is 5. The quantitative estimate of drug-likeness (QED) is 0.0280. The Balaban J connectivity index is 0.000000176. The molecule has 8 nitrogen and oxygen atoms in total. The molecule has 0 saturated heterocycles. The van der Waals surface area contributed by atoms with E-state index in [-0.39, 0.29) is 28.3 Å². The third-order valence-electron chi connectivity index (χ3n) is 20.3. The molecule has 4 aliphatic heterocycles. The largest absolute Gasteiger partial charge is 0.508 e. The highest BCUT2D eigenvalue weighted by Gasteiger charge is 2.47. The van der Waals surface area contributed by atoms with E-state index in [1.807, 2.05) is 30.3 Å². The molecule has 2 aliphatic carbocycles. The third-order valence-corrected chi connectivity index (χ3v) is 20.3. The lowest BCUT2D eigenvalue weighted by Crippen LogP contribution is -2.45. The van der Waals surface area contributed by atoms with Gasteiger partial charge in [-0.1, -0.05) is 138 Å². The monoisotopic (exact) mass is 1290 g/mol. The van der Waals surface area contributed by atoms with Gasteiger partial charge in [0, 0.05) is 40.4 Å². The van der Waals surface area contributed by atoms with Crippen molar-refractivity contribution in [3.05, 3.63) is 158 Å². The zero-order valence-electron chi connectivity index (χ0n) is 61.2. The van der Waals surface area contributed by atoms with Gasteiger partial charge < -0.3 is 39.4 Å². The summed E-state index contributed by atoms with van der Waals surface area (Å²) in [6.45, 7) is 34.7. The molecule has 11 rings (SSSR count). The predicted molar refractivity (Wildman–Crippen MR) is 398 cm³/mol. The Morgan fingerprint density at radius 3 is 1.63 bits per heavy atom. The molecule has 2 radical (unpaired) electrons. The number of hydrogen-bond acceptors (Lipinski definition) is 8. The first-order valence-corrected chi connectivity index (χ1v) is 36.2. The fourth-order valence-electron chi connectivity index (χ4n) is 15.1. The Kier molecular flexibility index (Phi) is 26.9. The highest BCUT2D eigenvalue weighted by molar-refractivity contribution is 6.21. The molecule has 0 bridgehead atoms. The van der Waals surface area contributed by atoms with Crippen molar-refractivity contribution in [2.24, 2.45) is 11.8 Å². The van der Waals surface area contributed by atoms with E-state index >= 15 is 0 Å². The highest BCUT2D eigenvalue weighted by Crippen LogP contribution is 2.56. The smallest absolute Gasteiger partial charge is 0.187 e. The molecule has 0 fully saturated rings. The Hall–Kier alpha value is -6.92. The van der Waals surface area contributed by atoms with Gasteiger partial charge in [0.2, 0.25) is 0 Å². The molecule has 0 aromatic heterocycles. The number of hydrogen-bond donors (Lipinski definition) is 4. The first-order valence-electron chi connectivity index (χ1n) is 36.2. The summed E-state index contributed by atoms with van der Waals surface area (Å²) >= 11 is 0. The molecule has 95 heavy (non-hydrogen) atoms. The van der Waals surface area contributed by atoms with Gasteiger partial charge in [-0.3, -0.25) is 0 Å². The fourth-order valence-corrected chi connectivity index (χ4v) is 15.1. The van der Waals surface area contributed by atoms with Gasteiger partial charge in [-0.05, 0) is 261 Å². The Bertz CT molecular complexity index is 3560. The molecule has 0 amide bonds. The highest BCUT2D eigenvalue weighted by atomic mass is 16.5. The maximum atomic E-state index is 10.7. The zero-order valence-corrected chi connectivity index (χ0v) is 61.2. The van der Waals surface area contributed by atoms with Crippen molar-refractivity contribution in [1.29, 1.82) is 0 Å². The SMILES string of the molecule is CCCCCc1cc(O)c2c(c1)OC(C)(C)C1CC=C(C)CC21.CCCCCc1cc(O)c2c(c1)OC(C)(C)C1CCC(C)=CC21.CCCCCc1cc(O)c2c(c1)OC(C)(C)c1ccc(C)cc1-2.CCCCCc1cc(O)c2c(c1)OC(C)(CCC=C(C)C)C=C2.[B]C#C. The van der Waals surface area contributed by atoms with Crippen LogP contribution in [0.2, 0.25) is 0 Å². The molecular weight excluding hydrogens is 1170 g/mol.